The minimum absolute atomic E-state index is 0. The molecule has 0 unspecified atom stereocenters. The summed E-state index contributed by atoms with van der Waals surface area (Å²) in [5, 5.41) is 50.1. The number of hydrogen-bond donors (Lipinski definition) is 10. The minimum atomic E-state index is -1.03. The maximum Gasteiger partial charge on any atom is 1.00 e. The van der Waals surface area contributed by atoms with Gasteiger partial charge in [0.15, 0.2) is 11.5 Å². The van der Waals surface area contributed by atoms with Crippen molar-refractivity contribution in [1.82, 2.24) is 47.0 Å². The zero-order chi connectivity index (χ0) is 77.4. The van der Waals surface area contributed by atoms with Crippen molar-refractivity contribution in [2.45, 2.75) is 348 Å². The van der Waals surface area contributed by atoms with E-state index in [4.69, 9.17) is 19.0 Å². The molecule has 599 valence electrons. The van der Waals surface area contributed by atoms with Crippen LogP contribution in [0, 0.1) is 17.8 Å². The van der Waals surface area contributed by atoms with Gasteiger partial charge in [-0.3, -0.25) is 33.8 Å². The molecular weight excluding hydrogens is 1360 g/mol. The largest absolute Gasteiger partial charge is 1.00 e. The van der Waals surface area contributed by atoms with E-state index >= 15 is 0 Å². The number of Topliss-reactive ketones (excluding diaryl/α,β-unsaturated/α-hetero) is 1. The number of aromatic carboxylic acids is 1. The van der Waals surface area contributed by atoms with Gasteiger partial charge in [0.25, 0.3) is 5.91 Å². The van der Waals surface area contributed by atoms with Gasteiger partial charge in [0.2, 0.25) is 23.5 Å². The fourth-order valence-electron chi connectivity index (χ4n) is 14.2. The van der Waals surface area contributed by atoms with Crippen molar-refractivity contribution in [2.24, 2.45) is 17.8 Å². The maximum absolute atomic E-state index is 13.2. The molecule has 3 saturated heterocycles. The molecule has 3 saturated carbocycles. The van der Waals surface area contributed by atoms with Crippen molar-refractivity contribution in [3.63, 3.8) is 0 Å². The number of carbonyl (C=O) groups excluding carboxylic acids is 8. The van der Waals surface area contributed by atoms with Crippen LogP contribution >= 0.6 is 0 Å². The average Bonchev–Trinajstić information content (AvgIpc) is 1.37. The molecular formula is C79H138BN9NaO16. The Kier molecular flexibility index (Phi) is 49.8. The number of aldehydes is 1. The van der Waals surface area contributed by atoms with Crippen LogP contribution in [0.1, 0.15) is 293 Å². The van der Waals surface area contributed by atoms with Crippen molar-refractivity contribution in [3.8, 4) is 0 Å². The zero-order valence-corrected chi connectivity index (χ0v) is 69.4. The van der Waals surface area contributed by atoms with Crippen molar-refractivity contribution in [2.75, 3.05) is 32.7 Å². The van der Waals surface area contributed by atoms with Crippen LogP contribution < -0.4 is 66.8 Å². The number of alkyl carbamates (subject to hydrolysis) is 2. The number of β-amino-alcohol motifs (C(OH)–C–C–N with tert-alkyl or cyclic N) is 2. The van der Waals surface area contributed by atoms with E-state index in [1.807, 2.05) is 41.5 Å². The molecule has 8 rings (SSSR count). The summed E-state index contributed by atoms with van der Waals surface area (Å²) in [6, 6.07) is 4.13. The summed E-state index contributed by atoms with van der Waals surface area (Å²) in [6.07, 6.45) is 27.8. The molecule has 3 aliphatic carbocycles. The monoisotopic (exact) mass is 1500 g/mol. The van der Waals surface area contributed by atoms with Gasteiger partial charge in [-0.15, -0.1) is 0 Å². The zero-order valence-electron chi connectivity index (χ0n) is 68.4. The number of furan rings is 2. The van der Waals surface area contributed by atoms with Gasteiger partial charge >= 0.3 is 47.7 Å². The Labute approximate surface area is 660 Å². The number of nitrogens with zero attached hydrogens (tertiary/aromatic N) is 2. The van der Waals surface area contributed by atoms with Gasteiger partial charge in [-0.05, 0) is 188 Å². The van der Waals surface area contributed by atoms with Crippen LogP contribution in [-0.2, 0) is 33.4 Å². The topological polar surface area (TPSA) is 350 Å². The molecule has 0 aromatic carbocycles. The third-order valence-electron chi connectivity index (χ3n) is 19.9. The first-order valence-corrected chi connectivity index (χ1v) is 39.5. The number of ether oxygens (including phenoxy) is 2. The second-order valence-corrected chi connectivity index (χ2v) is 31.1. The summed E-state index contributed by atoms with van der Waals surface area (Å²) in [5.74, 6) is -0.635. The maximum atomic E-state index is 13.2. The van der Waals surface area contributed by atoms with E-state index in [0.717, 1.165) is 109 Å². The van der Waals surface area contributed by atoms with E-state index in [0.29, 0.717) is 94.0 Å². The molecule has 5 heterocycles. The number of nitrogens with one attached hydrogen (secondary N) is 7. The van der Waals surface area contributed by atoms with Crippen LogP contribution in [0.5, 0.6) is 0 Å². The molecule has 106 heavy (non-hydrogen) atoms. The Hall–Kier alpha value is -5.35. The van der Waals surface area contributed by atoms with Crippen LogP contribution in [-0.4, -0.2) is 198 Å². The van der Waals surface area contributed by atoms with Gasteiger partial charge < -0.3 is 77.1 Å². The molecule has 0 bridgehead atoms. The summed E-state index contributed by atoms with van der Waals surface area (Å²) in [5.41, 5.74) is -1.23. The van der Waals surface area contributed by atoms with E-state index in [1.54, 1.807) is 32.9 Å². The summed E-state index contributed by atoms with van der Waals surface area (Å²) < 4.78 is 20.5. The molecule has 2 aromatic heterocycles. The number of carbonyl (C=O) groups is 9. The standard InChI is InChI=1S/C24H37N3O4.C24H45N3O4.C21H39N3O4.C5H4O3.C3H6O.C2H6.B.Na.H/c1-3-13-27-16-21(28)19(12-11-17(27)2)25-23(29)20(15-18-8-5-4-6-9-18)26-24(30)22-10-7-14-31-22;1-6-14-27-16-21(28)19(13-12-17(27)2)25-22(29)20(15-18-10-8-7-9-11-18)26-23(30)31-24(3,4)5;1-14-10-11-16(18(25)13-22-14)23-19(26)17(12-15-8-6-5-7-9-15)24-20(27)28-21(2,3)4;6-5(7)4-2-1-3-8-4;1-2-3-4;1-2;;;/h7,10,14,17-20H,3-6,8-9,11-13,15-16H2,1-2H3,(H,25,29)(H,26,30);17-21,28H,6-16H2,1-5H3,(H,25,29)(H,26,30);14-18,22,25H,5-13H2,1-4H3,(H,23,26)(H,24,27);1-3H,(H,6,7);3H,2H2,1H3;1-2H3;;;/q;;;;;;;+1;-1/t17-,19+,20+;17-,19+,20+,21+;14-,16+,17+,18+;;;;;;/m111....../s1. The normalized spacial score (nSPS) is 23.5. The summed E-state index contributed by atoms with van der Waals surface area (Å²) in [7, 11) is 0. The summed E-state index contributed by atoms with van der Waals surface area (Å²) in [4.78, 5) is 113. The van der Waals surface area contributed by atoms with Crippen molar-refractivity contribution in [3.05, 3.63) is 48.3 Å². The van der Waals surface area contributed by atoms with Crippen LogP contribution in [0.4, 0.5) is 9.59 Å². The molecule has 25 nitrogen and oxygen atoms in total. The smallest absolute Gasteiger partial charge is 1.00 e. The van der Waals surface area contributed by atoms with E-state index < -0.39 is 71.6 Å². The number of amides is 6. The van der Waals surface area contributed by atoms with Crippen molar-refractivity contribution >= 4 is 62.3 Å². The first-order chi connectivity index (χ1) is 49.4. The second kappa shape index (κ2) is 53.5. The summed E-state index contributed by atoms with van der Waals surface area (Å²) in [6.45, 7) is 30.5. The van der Waals surface area contributed by atoms with Gasteiger partial charge in [0.1, 0.15) is 35.6 Å². The van der Waals surface area contributed by atoms with Crippen LogP contribution in [0.3, 0.4) is 0 Å². The molecule has 10 N–H and O–H groups in total. The Morgan fingerprint density at radius 2 is 0.981 bits per heavy atom. The van der Waals surface area contributed by atoms with Gasteiger partial charge in [-0.2, -0.15) is 0 Å². The second-order valence-electron chi connectivity index (χ2n) is 31.1. The van der Waals surface area contributed by atoms with Gasteiger partial charge in [0, 0.05) is 46.0 Å². The van der Waals surface area contributed by atoms with E-state index in [9.17, 15) is 53.4 Å². The number of carboxylic acids is 1. The molecule has 3 aliphatic heterocycles. The first-order valence-electron chi connectivity index (χ1n) is 39.5. The number of rotatable bonds is 22. The fraction of sp³-hybridized carbons (Fsp3) is 0.785. The minimum Gasteiger partial charge on any atom is -1.00 e. The molecule has 11 atom stereocenters. The fourth-order valence-corrected chi connectivity index (χ4v) is 14.2. The average molecular weight is 1500 g/mol. The third-order valence-corrected chi connectivity index (χ3v) is 19.9. The SMILES string of the molecule is CC.CCC=O.CCCN1CC(=O)[C@@H](NC(=O)[C@H](CC2CCCCC2)NC(=O)c2ccco2)CC[C@H]1C.CCCN1C[C@H](O)[C@@H](NC(=O)[C@H](CC2CCCCC2)NC(=O)OC(C)(C)C)CC[C@H]1C.C[C@@H]1CC[C@H](NC(=O)[C@H](CC2CCCCC2)NC(=O)OC(C)(C)C)[C@@H](O)CN1.O=C(O)c1ccco1.[B].[H-].[Na+]. The van der Waals surface area contributed by atoms with E-state index in [-0.39, 0.29) is 86.5 Å². The number of likely N-dealkylation sites (tertiary alicyclic amines) is 2. The predicted octanol–water partition coefficient (Wildman–Crippen LogP) is 8.69. The number of hydrogen-bond acceptors (Lipinski definition) is 18. The van der Waals surface area contributed by atoms with E-state index in [1.165, 1.54) is 69.6 Å². The Morgan fingerprint density at radius 1 is 0.585 bits per heavy atom. The third kappa shape index (κ3) is 39.8. The predicted molar refractivity (Wildman–Crippen MR) is 411 cm³/mol. The van der Waals surface area contributed by atoms with Crippen molar-refractivity contribution < 1.29 is 108 Å². The number of carboxylic acid groups (broad SMARTS) is 1. The Balaban J connectivity index is 0.00000142. The van der Waals surface area contributed by atoms with Crippen molar-refractivity contribution in [1.29, 1.82) is 0 Å². The molecule has 2 aromatic rings. The number of aliphatic hydroxyl groups excluding tert-OH is 2. The quantitative estimate of drug-likeness (QED) is 0.0389. The molecule has 6 fully saturated rings. The van der Waals surface area contributed by atoms with Crippen LogP contribution in [0.2, 0.25) is 0 Å². The number of aliphatic hydroxyl groups is 2. The first kappa shape index (κ1) is 98.7. The Bertz CT molecular complexity index is 2780. The van der Waals surface area contributed by atoms with Gasteiger partial charge in [-0.1, -0.05) is 131 Å². The summed E-state index contributed by atoms with van der Waals surface area (Å²) >= 11 is 0. The van der Waals surface area contributed by atoms with Crippen LogP contribution in [0.25, 0.3) is 0 Å². The molecule has 6 aliphatic rings. The molecule has 6 amide bonds. The van der Waals surface area contributed by atoms with E-state index in [2.05, 4.69) is 86.1 Å². The molecule has 3 radical (unpaired) electrons. The van der Waals surface area contributed by atoms with Gasteiger partial charge in [-0.25, -0.2) is 14.4 Å². The van der Waals surface area contributed by atoms with Gasteiger partial charge in [0.05, 0.1) is 49.4 Å². The molecule has 0 spiro atoms. The van der Waals surface area contributed by atoms with Crippen LogP contribution in [0.15, 0.2) is 45.6 Å². The number of ketones is 1. The molecule has 27 heteroatoms. The Morgan fingerprint density at radius 3 is 1.39 bits per heavy atom.